The number of fused-ring (bicyclic) bond motifs is 1. The van der Waals surface area contributed by atoms with Gasteiger partial charge in [0, 0.05) is 37.6 Å². The second-order valence-corrected chi connectivity index (χ2v) is 8.88. The van der Waals surface area contributed by atoms with Gasteiger partial charge in [0.05, 0.1) is 16.1 Å². The van der Waals surface area contributed by atoms with Crippen molar-refractivity contribution in [2.24, 2.45) is 0 Å². The highest BCUT2D eigenvalue weighted by atomic mass is 32.2. The van der Waals surface area contributed by atoms with E-state index in [1.807, 2.05) is 36.4 Å². The molecule has 1 saturated heterocycles. The number of rotatable bonds is 4. The van der Waals surface area contributed by atoms with E-state index >= 15 is 0 Å². The van der Waals surface area contributed by atoms with Crippen LogP contribution in [0.15, 0.2) is 71.6 Å². The predicted molar refractivity (Wildman–Crippen MR) is 113 cm³/mol. The number of hydrogen-bond acceptors (Lipinski definition) is 4. The number of sulfonamides is 1. The first-order valence-corrected chi connectivity index (χ1v) is 11.0. The summed E-state index contributed by atoms with van der Waals surface area (Å²) in [7, 11) is -3.70. The number of piperazine rings is 1. The maximum atomic E-state index is 13.1. The zero-order chi connectivity index (χ0) is 21.1. The Balaban J connectivity index is 1.39. The highest BCUT2D eigenvalue weighted by Crippen LogP contribution is 2.18. The molecular formula is C22H20FN3O3S. The molecule has 1 fully saturated rings. The van der Waals surface area contributed by atoms with E-state index in [9.17, 15) is 17.6 Å². The molecule has 0 N–H and O–H groups in total. The van der Waals surface area contributed by atoms with E-state index in [4.69, 9.17) is 0 Å². The van der Waals surface area contributed by atoms with Crippen LogP contribution in [0.25, 0.3) is 17.0 Å². The molecule has 3 aromatic rings. The van der Waals surface area contributed by atoms with Crippen molar-refractivity contribution in [3.8, 4) is 0 Å². The summed E-state index contributed by atoms with van der Waals surface area (Å²) in [5, 5.41) is 1.03. The average molecular weight is 425 g/mol. The smallest absolute Gasteiger partial charge is 0.246 e. The minimum Gasteiger partial charge on any atom is -0.337 e. The fourth-order valence-corrected chi connectivity index (χ4v) is 4.76. The van der Waals surface area contributed by atoms with Gasteiger partial charge in [0.25, 0.3) is 0 Å². The molecule has 30 heavy (non-hydrogen) atoms. The molecule has 1 aliphatic rings. The molecule has 154 valence electrons. The molecule has 1 aromatic heterocycles. The van der Waals surface area contributed by atoms with Crippen LogP contribution >= 0.6 is 0 Å². The predicted octanol–water partition coefficient (Wildman–Crippen LogP) is 2.92. The molecule has 4 rings (SSSR count). The van der Waals surface area contributed by atoms with E-state index in [0.29, 0.717) is 5.69 Å². The van der Waals surface area contributed by atoms with Crippen LogP contribution < -0.4 is 0 Å². The van der Waals surface area contributed by atoms with Gasteiger partial charge in [0.1, 0.15) is 5.82 Å². The standard InChI is InChI=1S/C22H20FN3O3S/c23-18-6-10-20(11-7-18)30(28,29)26-15-13-25(14-16-26)22(27)12-9-19-8-5-17-3-1-2-4-21(17)24-19/h1-12H,13-16H2. The minimum absolute atomic E-state index is 0.0472. The lowest BCUT2D eigenvalue weighted by Gasteiger charge is -2.33. The number of benzene rings is 2. The van der Waals surface area contributed by atoms with Gasteiger partial charge >= 0.3 is 0 Å². The molecule has 0 atom stereocenters. The van der Waals surface area contributed by atoms with Gasteiger partial charge < -0.3 is 4.90 Å². The monoisotopic (exact) mass is 425 g/mol. The summed E-state index contributed by atoms with van der Waals surface area (Å²) in [5.74, 6) is -0.680. The van der Waals surface area contributed by atoms with E-state index in [-0.39, 0.29) is 37.0 Å². The minimum atomic E-state index is -3.70. The van der Waals surface area contributed by atoms with Gasteiger partial charge in [-0.2, -0.15) is 4.31 Å². The summed E-state index contributed by atoms with van der Waals surface area (Å²) in [6, 6.07) is 16.3. The number of halogens is 1. The van der Waals surface area contributed by atoms with Gasteiger partial charge in [-0.1, -0.05) is 24.3 Å². The van der Waals surface area contributed by atoms with E-state index in [2.05, 4.69) is 4.98 Å². The largest absolute Gasteiger partial charge is 0.337 e. The number of carbonyl (C=O) groups is 1. The number of hydrogen-bond donors (Lipinski definition) is 0. The molecule has 0 saturated carbocycles. The molecule has 6 nitrogen and oxygen atoms in total. The maximum absolute atomic E-state index is 13.1. The van der Waals surface area contributed by atoms with Crippen LogP contribution in [-0.4, -0.2) is 54.7 Å². The molecule has 0 radical (unpaired) electrons. The molecule has 1 aliphatic heterocycles. The first kappa shape index (κ1) is 20.2. The van der Waals surface area contributed by atoms with Gasteiger partial charge in [-0.05, 0) is 42.5 Å². The van der Waals surface area contributed by atoms with Gasteiger partial charge in [-0.3, -0.25) is 4.79 Å². The van der Waals surface area contributed by atoms with Gasteiger partial charge in [0.15, 0.2) is 0 Å². The van der Waals surface area contributed by atoms with Crippen molar-refractivity contribution in [1.82, 2.24) is 14.2 Å². The first-order chi connectivity index (χ1) is 14.4. The summed E-state index contributed by atoms with van der Waals surface area (Å²) in [5.41, 5.74) is 1.53. The molecule has 8 heteroatoms. The van der Waals surface area contributed by atoms with Gasteiger partial charge in [-0.25, -0.2) is 17.8 Å². The lowest BCUT2D eigenvalue weighted by atomic mass is 10.2. The second kappa shape index (κ2) is 8.33. The Kier molecular flexibility index (Phi) is 5.61. The van der Waals surface area contributed by atoms with Crippen LogP contribution in [0, 0.1) is 5.82 Å². The number of amides is 1. The van der Waals surface area contributed by atoms with Crippen LogP contribution in [0.1, 0.15) is 5.69 Å². The fourth-order valence-electron chi connectivity index (χ4n) is 3.34. The fraction of sp³-hybridized carbons (Fsp3) is 0.182. The van der Waals surface area contributed by atoms with Crippen LogP contribution in [0.4, 0.5) is 4.39 Å². The Morgan fingerprint density at radius 2 is 1.63 bits per heavy atom. The molecule has 0 spiro atoms. The SMILES string of the molecule is O=C(C=Cc1ccc2ccccc2n1)N1CCN(S(=O)(=O)c2ccc(F)cc2)CC1. The lowest BCUT2D eigenvalue weighted by Crippen LogP contribution is -2.50. The third kappa shape index (κ3) is 4.24. The van der Waals surface area contributed by atoms with Crippen molar-refractivity contribution in [3.63, 3.8) is 0 Å². The molecule has 0 aliphatic carbocycles. The van der Waals surface area contributed by atoms with Crippen LogP contribution in [0.3, 0.4) is 0 Å². The Labute approximate surface area is 174 Å². The Morgan fingerprint density at radius 3 is 2.37 bits per heavy atom. The summed E-state index contributed by atoms with van der Waals surface area (Å²) in [6.45, 7) is 0.949. The summed E-state index contributed by atoms with van der Waals surface area (Å²) in [4.78, 5) is 18.7. The zero-order valence-electron chi connectivity index (χ0n) is 16.1. The van der Waals surface area contributed by atoms with Crippen LogP contribution in [0.5, 0.6) is 0 Å². The molecular weight excluding hydrogens is 405 g/mol. The Bertz CT molecular complexity index is 1200. The highest BCUT2D eigenvalue weighted by Gasteiger charge is 2.29. The third-order valence-electron chi connectivity index (χ3n) is 5.02. The molecule has 1 amide bonds. The summed E-state index contributed by atoms with van der Waals surface area (Å²) >= 11 is 0. The van der Waals surface area contributed by atoms with Crippen molar-refractivity contribution in [2.75, 3.05) is 26.2 Å². The average Bonchev–Trinajstić information content (AvgIpc) is 2.77. The molecule has 0 bridgehead atoms. The van der Waals surface area contributed by atoms with E-state index in [0.717, 1.165) is 23.0 Å². The number of nitrogens with zero attached hydrogens (tertiary/aromatic N) is 3. The quantitative estimate of drug-likeness (QED) is 0.603. The topological polar surface area (TPSA) is 70.6 Å². The Hall–Kier alpha value is -3.10. The number of para-hydroxylation sites is 1. The van der Waals surface area contributed by atoms with Crippen molar-refractivity contribution in [2.45, 2.75) is 4.90 Å². The second-order valence-electron chi connectivity index (χ2n) is 6.95. The number of aromatic nitrogens is 1. The van der Waals surface area contributed by atoms with Crippen LogP contribution in [-0.2, 0) is 14.8 Å². The van der Waals surface area contributed by atoms with Crippen molar-refractivity contribution >= 4 is 32.9 Å². The van der Waals surface area contributed by atoms with E-state index in [1.165, 1.54) is 22.5 Å². The highest BCUT2D eigenvalue weighted by molar-refractivity contribution is 7.89. The van der Waals surface area contributed by atoms with Crippen molar-refractivity contribution < 1.29 is 17.6 Å². The maximum Gasteiger partial charge on any atom is 0.246 e. The van der Waals surface area contributed by atoms with Crippen LogP contribution in [0.2, 0.25) is 0 Å². The number of pyridine rings is 1. The normalized spacial score (nSPS) is 15.7. The third-order valence-corrected chi connectivity index (χ3v) is 6.93. The first-order valence-electron chi connectivity index (χ1n) is 9.52. The van der Waals surface area contributed by atoms with E-state index < -0.39 is 15.8 Å². The number of carbonyl (C=O) groups excluding carboxylic acids is 1. The van der Waals surface area contributed by atoms with Crippen molar-refractivity contribution in [3.05, 3.63) is 78.3 Å². The lowest BCUT2D eigenvalue weighted by molar-refractivity contribution is -0.127. The summed E-state index contributed by atoms with van der Waals surface area (Å²) < 4.78 is 39.7. The van der Waals surface area contributed by atoms with Gasteiger partial charge in [0.2, 0.25) is 15.9 Å². The molecule has 2 aromatic carbocycles. The summed E-state index contributed by atoms with van der Waals surface area (Å²) in [6.07, 6.45) is 3.12. The van der Waals surface area contributed by atoms with E-state index in [1.54, 1.807) is 11.0 Å². The Morgan fingerprint density at radius 1 is 0.933 bits per heavy atom. The zero-order valence-corrected chi connectivity index (χ0v) is 16.9. The molecule has 0 unspecified atom stereocenters. The molecule has 2 heterocycles. The van der Waals surface area contributed by atoms with Crippen molar-refractivity contribution in [1.29, 1.82) is 0 Å². The van der Waals surface area contributed by atoms with Gasteiger partial charge in [-0.15, -0.1) is 0 Å².